The molecule has 0 saturated heterocycles. The third-order valence-electron chi connectivity index (χ3n) is 3.05. The van der Waals surface area contributed by atoms with E-state index in [1.54, 1.807) is 24.3 Å². The summed E-state index contributed by atoms with van der Waals surface area (Å²) in [5.41, 5.74) is 6.24. The van der Waals surface area contributed by atoms with Crippen LogP contribution in [0.2, 0.25) is 0 Å². The van der Waals surface area contributed by atoms with Crippen molar-refractivity contribution in [3.63, 3.8) is 0 Å². The van der Waals surface area contributed by atoms with Gasteiger partial charge in [0.25, 0.3) is 0 Å². The van der Waals surface area contributed by atoms with Gasteiger partial charge in [0.05, 0.1) is 5.56 Å². The lowest BCUT2D eigenvalue weighted by molar-refractivity contribution is -0.137. The summed E-state index contributed by atoms with van der Waals surface area (Å²) in [6.07, 6.45) is -4.44. The Hall–Kier alpha value is -2.01. The molecule has 0 aromatic heterocycles. The molecule has 2 N–H and O–H groups in total. The van der Waals surface area contributed by atoms with Crippen molar-refractivity contribution in [1.82, 2.24) is 0 Å². The SMILES string of the molecule is Cc1ccc(-c2ccc(OCCN)cc2C(F)(F)F)cc1. The van der Waals surface area contributed by atoms with Crippen molar-refractivity contribution in [3.8, 4) is 16.9 Å². The molecule has 0 heterocycles. The second-order valence-corrected chi connectivity index (χ2v) is 4.71. The van der Waals surface area contributed by atoms with Crippen molar-refractivity contribution in [2.45, 2.75) is 13.1 Å². The van der Waals surface area contributed by atoms with Crippen molar-refractivity contribution < 1.29 is 17.9 Å². The molecule has 0 radical (unpaired) electrons. The molecule has 2 aromatic rings. The summed E-state index contributed by atoms with van der Waals surface area (Å²) in [5.74, 6) is 0.170. The predicted octanol–water partition coefficient (Wildman–Crippen LogP) is 4.02. The van der Waals surface area contributed by atoms with Crippen LogP contribution in [0.5, 0.6) is 5.75 Å². The quantitative estimate of drug-likeness (QED) is 0.924. The maximum absolute atomic E-state index is 13.2. The maximum Gasteiger partial charge on any atom is 0.417 e. The molecule has 0 amide bonds. The summed E-state index contributed by atoms with van der Waals surface area (Å²) < 4.78 is 44.9. The molecule has 0 aliphatic rings. The molecule has 0 atom stereocenters. The Balaban J connectivity index is 2.47. The lowest BCUT2D eigenvalue weighted by Gasteiger charge is -2.15. The number of rotatable bonds is 4. The van der Waals surface area contributed by atoms with E-state index in [1.807, 2.05) is 6.92 Å². The van der Waals surface area contributed by atoms with Crippen LogP contribution in [-0.4, -0.2) is 13.2 Å². The largest absolute Gasteiger partial charge is 0.492 e. The first-order valence-corrected chi connectivity index (χ1v) is 6.53. The number of aryl methyl sites for hydroxylation is 1. The van der Waals surface area contributed by atoms with E-state index in [1.165, 1.54) is 12.1 Å². The molecule has 21 heavy (non-hydrogen) atoms. The van der Waals surface area contributed by atoms with E-state index in [-0.39, 0.29) is 24.5 Å². The Morgan fingerprint density at radius 1 is 1.05 bits per heavy atom. The van der Waals surface area contributed by atoms with Crippen LogP contribution in [0.3, 0.4) is 0 Å². The van der Waals surface area contributed by atoms with Gasteiger partial charge in [0.1, 0.15) is 12.4 Å². The van der Waals surface area contributed by atoms with E-state index >= 15 is 0 Å². The number of alkyl halides is 3. The van der Waals surface area contributed by atoms with Crippen molar-refractivity contribution >= 4 is 0 Å². The van der Waals surface area contributed by atoms with E-state index in [0.29, 0.717) is 5.56 Å². The second kappa shape index (κ2) is 6.18. The zero-order chi connectivity index (χ0) is 15.5. The predicted molar refractivity (Wildman–Crippen MR) is 76.2 cm³/mol. The first-order valence-electron chi connectivity index (χ1n) is 6.53. The van der Waals surface area contributed by atoms with Crippen LogP contribution in [0.15, 0.2) is 42.5 Å². The monoisotopic (exact) mass is 295 g/mol. The number of halogens is 3. The van der Waals surface area contributed by atoms with Crippen molar-refractivity contribution in [2.75, 3.05) is 13.2 Å². The molecule has 5 heteroatoms. The molecule has 0 aliphatic heterocycles. The molecule has 2 nitrogen and oxygen atoms in total. The molecule has 0 aliphatic carbocycles. The van der Waals surface area contributed by atoms with Crippen LogP contribution in [0.1, 0.15) is 11.1 Å². The van der Waals surface area contributed by atoms with Crippen LogP contribution in [-0.2, 0) is 6.18 Å². The normalized spacial score (nSPS) is 11.5. The van der Waals surface area contributed by atoms with Crippen molar-refractivity contribution in [3.05, 3.63) is 53.6 Å². The molecule has 0 spiro atoms. The minimum Gasteiger partial charge on any atom is -0.492 e. The second-order valence-electron chi connectivity index (χ2n) is 4.71. The van der Waals surface area contributed by atoms with Gasteiger partial charge in [-0.2, -0.15) is 13.2 Å². The van der Waals surface area contributed by atoms with Crippen LogP contribution in [0, 0.1) is 6.92 Å². The van der Waals surface area contributed by atoms with Gasteiger partial charge in [-0.3, -0.25) is 0 Å². The fourth-order valence-electron chi connectivity index (χ4n) is 2.01. The summed E-state index contributed by atoms with van der Waals surface area (Å²) in [4.78, 5) is 0. The average Bonchev–Trinajstić information content (AvgIpc) is 2.45. The fourth-order valence-corrected chi connectivity index (χ4v) is 2.01. The van der Waals surface area contributed by atoms with E-state index in [0.717, 1.165) is 11.6 Å². The van der Waals surface area contributed by atoms with Gasteiger partial charge in [0, 0.05) is 6.54 Å². The standard InChI is InChI=1S/C16H16F3NO/c1-11-2-4-12(5-3-11)14-7-6-13(21-9-8-20)10-15(14)16(17,18)19/h2-7,10H,8-9,20H2,1H3. The summed E-state index contributed by atoms with van der Waals surface area (Å²) in [5, 5.41) is 0. The molecule has 2 aromatic carbocycles. The summed E-state index contributed by atoms with van der Waals surface area (Å²) >= 11 is 0. The molecule has 112 valence electrons. The highest BCUT2D eigenvalue weighted by molar-refractivity contribution is 5.69. The number of nitrogens with two attached hydrogens (primary N) is 1. The van der Waals surface area contributed by atoms with Gasteiger partial charge in [0.15, 0.2) is 0 Å². The molecule has 2 rings (SSSR count). The van der Waals surface area contributed by atoms with Gasteiger partial charge in [-0.25, -0.2) is 0 Å². The summed E-state index contributed by atoms with van der Waals surface area (Å²) in [6.45, 7) is 2.32. The molecule has 0 saturated carbocycles. The first kappa shape index (κ1) is 15.4. The molecule has 0 bridgehead atoms. The van der Waals surface area contributed by atoms with Crippen LogP contribution >= 0.6 is 0 Å². The third-order valence-corrected chi connectivity index (χ3v) is 3.05. The van der Waals surface area contributed by atoms with E-state index in [2.05, 4.69) is 0 Å². The minimum absolute atomic E-state index is 0.141. The molecule has 0 fully saturated rings. The van der Waals surface area contributed by atoms with Gasteiger partial charge in [0.2, 0.25) is 0 Å². The maximum atomic E-state index is 13.2. The number of hydrogen-bond acceptors (Lipinski definition) is 2. The van der Waals surface area contributed by atoms with Crippen molar-refractivity contribution in [1.29, 1.82) is 0 Å². The van der Waals surface area contributed by atoms with Gasteiger partial charge in [-0.05, 0) is 30.2 Å². The van der Waals surface area contributed by atoms with Crippen LogP contribution in [0.4, 0.5) is 13.2 Å². The minimum atomic E-state index is -4.44. The number of benzene rings is 2. The Kier molecular flexibility index (Phi) is 4.53. The molecule has 0 unspecified atom stereocenters. The van der Waals surface area contributed by atoms with Gasteiger partial charge < -0.3 is 10.5 Å². The summed E-state index contributed by atoms with van der Waals surface area (Å²) in [6, 6.07) is 10.9. The van der Waals surface area contributed by atoms with Crippen LogP contribution in [0.25, 0.3) is 11.1 Å². The fraction of sp³-hybridized carbons (Fsp3) is 0.250. The van der Waals surface area contributed by atoms with Crippen LogP contribution < -0.4 is 10.5 Å². The lowest BCUT2D eigenvalue weighted by Crippen LogP contribution is -2.12. The Morgan fingerprint density at radius 3 is 2.29 bits per heavy atom. The Bertz CT molecular complexity index is 606. The van der Waals surface area contributed by atoms with Gasteiger partial charge in [-0.1, -0.05) is 35.9 Å². The van der Waals surface area contributed by atoms with E-state index < -0.39 is 11.7 Å². The van der Waals surface area contributed by atoms with E-state index in [9.17, 15) is 13.2 Å². The number of ether oxygens (including phenoxy) is 1. The van der Waals surface area contributed by atoms with Gasteiger partial charge >= 0.3 is 6.18 Å². The lowest BCUT2D eigenvalue weighted by atomic mass is 9.98. The highest BCUT2D eigenvalue weighted by atomic mass is 19.4. The highest BCUT2D eigenvalue weighted by Crippen LogP contribution is 2.39. The first-order chi connectivity index (χ1) is 9.91. The molecular weight excluding hydrogens is 279 g/mol. The zero-order valence-electron chi connectivity index (χ0n) is 11.6. The number of hydrogen-bond donors (Lipinski definition) is 1. The van der Waals surface area contributed by atoms with Gasteiger partial charge in [-0.15, -0.1) is 0 Å². The van der Waals surface area contributed by atoms with E-state index in [4.69, 9.17) is 10.5 Å². The average molecular weight is 295 g/mol. The topological polar surface area (TPSA) is 35.2 Å². The Morgan fingerprint density at radius 2 is 1.71 bits per heavy atom. The zero-order valence-corrected chi connectivity index (χ0v) is 11.6. The third kappa shape index (κ3) is 3.76. The Labute approximate surface area is 121 Å². The highest BCUT2D eigenvalue weighted by Gasteiger charge is 2.34. The summed E-state index contributed by atoms with van der Waals surface area (Å²) in [7, 11) is 0. The smallest absolute Gasteiger partial charge is 0.417 e. The molecular formula is C16H16F3NO. The van der Waals surface area contributed by atoms with Crippen molar-refractivity contribution in [2.24, 2.45) is 5.73 Å².